The van der Waals surface area contributed by atoms with Crippen molar-refractivity contribution in [2.75, 3.05) is 20.8 Å². The number of carbonyl (C=O) groups excluding carboxylic acids is 1. The molecule has 9 heteroatoms. The zero-order chi connectivity index (χ0) is 24.5. The van der Waals surface area contributed by atoms with Crippen molar-refractivity contribution in [1.29, 1.82) is 0 Å². The quantitative estimate of drug-likeness (QED) is 0.441. The molecule has 35 heavy (non-hydrogen) atoms. The number of aromatic nitrogens is 2. The van der Waals surface area contributed by atoms with Crippen LogP contribution >= 0.6 is 11.6 Å². The fraction of sp³-hybridized carbons (Fsp3) is 0.192. The molecule has 1 unspecified atom stereocenters. The summed E-state index contributed by atoms with van der Waals surface area (Å²) in [7, 11) is 3.22. The van der Waals surface area contributed by atoms with Crippen molar-refractivity contribution in [2.45, 2.75) is 12.5 Å². The van der Waals surface area contributed by atoms with Crippen molar-refractivity contribution >= 4 is 23.2 Å². The lowest BCUT2D eigenvalue weighted by atomic mass is 9.99. The van der Waals surface area contributed by atoms with E-state index in [4.69, 9.17) is 25.8 Å². The van der Waals surface area contributed by atoms with Gasteiger partial charge < -0.3 is 19.5 Å². The molecule has 0 saturated carbocycles. The van der Waals surface area contributed by atoms with Gasteiger partial charge in [0.15, 0.2) is 0 Å². The first-order valence-electron chi connectivity index (χ1n) is 10.9. The molecular formula is C26H22ClN3O5. The fourth-order valence-corrected chi connectivity index (χ4v) is 4.46. The summed E-state index contributed by atoms with van der Waals surface area (Å²) >= 11 is 6.56. The summed E-state index contributed by atoms with van der Waals surface area (Å²) in [4.78, 5) is 29.5. The number of rotatable bonds is 6. The molecule has 4 aromatic rings. The van der Waals surface area contributed by atoms with E-state index in [1.807, 2.05) is 30.3 Å². The maximum atomic E-state index is 12.7. The summed E-state index contributed by atoms with van der Waals surface area (Å²) < 4.78 is 18.2. The van der Waals surface area contributed by atoms with E-state index in [9.17, 15) is 9.59 Å². The summed E-state index contributed by atoms with van der Waals surface area (Å²) in [5, 5.41) is 3.25. The van der Waals surface area contributed by atoms with E-state index in [0.29, 0.717) is 34.3 Å². The molecule has 1 aliphatic rings. The predicted molar refractivity (Wildman–Crippen MR) is 132 cm³/mol. The normalized spacial score (nSPS) is 14.3. The van der Waals surface area contributed by atoms with Crippen LogP contribution in [-0.2, 0) is 6.42 Å². The lowest BCUT2D eigenvalue weighted by molar-refractivity contribution is 0.0931. The molecule has 0 spiro atoms. The van der Waals surface area contributed by atoms with Crippen molar-refractivity contribution < 1.29 is 19.0 Å². The van der Waals surface area contributed by atoms with Gasteiger partial charge in [-0.05, 0) is 48.0 Å². The van der Waals surface area contributed by atoms with Gasteiger partial charge in [0.1, 0.15) is 34.6 Å². The monoisotopic (exact) mass is 491 g/mol. The van der Waals surface area contributed by atoms with Crippen molar-refractivity contribution in [3.63, 3.8) is 0 Å². The van der Waals surface area contributed by atoms with Crippen LogP contribution in [0, 0.1) is 0 Å². The number of halogens is 1. The Morgan fingerprint density at radius 1 is 1.20 bits per heavy atom. The number of amides is 1. The Hall–Kier alpha value is -4.04. The molecule has 1 atom stereocenters. The van der Waals surface area contributed by atoms with Gasteiger partial charge >= 0.3 is 0 Å². The molecule has 178 valence electrons. The van der Waals surface area contributed by atoms with Crippen molar-refractivity contribution in [3.8, 4) is 28.4 Å². The molecule has 2 aromatic heterocycles. The molecule has 8 nitrogen and oxygen atoms in total. The zero-order valence-corrected chi connectivity index (χ0v) is 19.8. The Balaban J connectivity index is 1.33. The standard InChI is InChI=1S/C26H22ClN3O5/c1-33-17-6-7-22(34-2)19(12-17)15-9-16-10-18(35-24(16)21(27)11-15)13-29-25(31)20-14-28-23-5-3-4-8-30(23)26(20)32/h3-9,11-12,14,18H,10,13H2,1-2H3,(H,29,31). The van der Waals surface area contributed by atoms with Crippen LogP contribution in [0.15, 0.2) is 65.7 Å². The van der Waals surface area contributed by atoms with E-state index in [0.717, 1.165) is 16.7 Å². The van der Waals surface area contributed by atoms with E-state index >= 15 is 0 Å². The van der Waals surface area contributed by atoms with Crippen molar-refractivity contribution in [3.05, 3.63) is 87.4 Å². The van der Waals surface area contributed by atoms with Crippen LogP contribution in [0.4, 0.5) is 0 Å². The zero-order valence-electron chi connectivity index (χ0n) is 19.1. The number of nitrogens with zero attached hydrogens (tertiary/aromatic N) is 2. The number of fused-ring (bicyclic) bond motifs is 2. The lowest BCUT2D eigenvalue weighted by Crippen LogP contribution is -2.37. The number of nitrogens with one attached hydrogen (secondary N) is 1. The van der Waals surface area contributed by atoms with Crippen LogP contribution < -0.4 is 25.1 Å². The first-order chi connectivity index (χ1) is 17.0. The van der Waals surface area contributed by atoms with Gasteiger partial charge in [0, 0.05) is 29.9 Å². The highest BCUT2D eigenvalue weighted by atomic mass is 35.5. The number of ether oxygens (including phenoxy) is 3. The minimum atomic E-state index is -0.506. The van der Waals surface area contributed by atoms with Crippen LogP contribution in [0.25, 0.3) is 16.8 Å². The highest BCUT2D eigenvalue weighted by molar-refractivity contribution is 6.32. The summed E-state index contributed by atoms with van der Waals surface area (Å²) in [5.41, 5.74) is 2.65. The SMILES string of the molecule is COc1ccc(OC)c(-c2cc(Cl)c3c(c2)CC(CNC(=O)c2cnc4ccccn4c2=O)O3)c1. The van der Waals surface area contributed by atoms with Gasteiger partial charge in [0.05, 0.1) is 25.8 Å². The van der Waals surface area contributed by atoms with E-state index < -0.39 is 11.5 Å². The topological polar surface area (TPSA) is 91.2 Å². The first-order valence-corrected chi connectivity index (χ1v) is 11.3. The molecular weight excluding hydrogens is 470 g/mol. The first kappa shape index (κ1) is 22.7. The van der Waals surface area contributed by atoms with Crippen molar-refractivity contribution in [2.24, 2.45) is 0 Å². The number of pyridine rings is 1. The molecule has 1 aliphatic heterocycles. The van der Waals surface area contributed by atoms with Crippen LogP contribution in [0.1, 0.15) is 15.9 Å². The van der Waals surface area contributed by atoms with Gasteiger partial charge in [-0.3, -0.25) is 14.0 Å². The number of benzene rings is 2. The second-order valence-corrected chi connectivity index (χ2v) is 8.48. The molecule has 1 N–H and O–H groups in total. The summed E-state index contributed by atoms with van der Waals surface area (Å²) in [6.07, 6.45) is 3.09. The highest BCUT2D eigenvalue weighted by Gasteiger charge is 2.27. The number of carbonyl (C=O) groups is 1. The van der Waals surface area contributed by atoms with Gasteiger partial charge in [0.2, 0.25) is 0 Å². The summed E-state index contributed by atoms with van der Waals surface area (Å²) in [6.45, 7) is 0.207. The maximum absolute atomic E-state index is 12.7. The molecule has 3 heterocycles. The van der Waals surface area contributed by atoms with Crippen LogP contribution in [0.3, 0.4) is 0 Å². The molecule has 0 bridgehead atoms. The van der Waals surface area contributed by atoms with E-state index in [-0.39, 0.29) is 18.2 Å². The van der Waals surface area contributed by atoms with Gasteiger partial charge in [-0.15, -0.1) is 0 Å². The third kappa shape index (κ3) is 4.28. The average molecular weight is 492 g/mol. The number of hydrogen-bond acceptors (Lipinski definition) is 6. The van der Waals surface area contributed by atoms with Crippen LogP contribution in [0.5, 0.6) is 17.2 Å². The third-order valence-electron chi connectivity index (χ3n) is 5.92. The van der Waals surface area contributed by atoms with Crippen LogP contribution in [0.2, 0.25) is 5.02 Å². The van der Waals surface area contributed by atoms with Gasteiger partial charge in [-0.1, -0.05) is 17.7 Å². The molecule has 1 amide bonds. The third-order valence-corrected chi connectivity index (χ3v) is 6.20. The predicted octanol–water partition coefficient (Wildman–Crippen LogP) is 3.77. The van der Waals surface area contributed by atoms with Crippen molar-refractivity contribution in [1.82, 2.24) is 14.7 Å². The van der Waals surface area contributed by atoms with Gasteiger partial charge in [-0.2, -0.15) is 0 Å². The molecule has 0 saturated heterocycles. The van der Waals surface area contributed by atoms with E-state index in [2.05, 4.69) is 10.3 Å². The maximum Gasteiger partial charge on any atom is 0.270 e. The van der Waals surface area contributed by atoms with E-state index in [1.54, 1.807) is 38.6 Å². The Morgan fingerprint density at radius 3 is 2.86 bits per heavy atom. The Bertz CT molecular complexity index is 1500. The minimum Gasteiger partial charge on any atom is -0.497 e. The second-order valence-electron chi connectivity index (χ2n) is 8.07. The summed E-state index contributed by atoms with van der Waals surface area (Å²) in [5.74, 6) is 1.48. The number of methoxy groups -OCH3 is 2. The fourth-order valence-electron chi connectivity index (χ4n) is 4.18. The Kier molecular flexibility index (Phi) is 6.05. The second kappa shape index (κ2) is 9.31. The van der Waals surface area contributed by atoms with Gasteiger partial charge in [0.25, 0.3) is 11.5 Å². The lowest BCUT2D eigenvalue weighted by Gasteiger charge is -2.13. The highest BCUT2D eigenvalue weighted by Crippen LogP contribution is 2.42. The van der Waals surface area contributed by atoms with Gasteiger partial charge in [-0.25, -0.2) is 4.98 Å². The Morgan fingerprint density at radius 2 is 2.06 bits per heavy atom. The molecule has 0 radical (unpaired) electrons. The number of hydrogen-bond donors (Lipinski definition) is 1. The van der Waals surface area contributed by atoms with E-state index in [1.165, 1.54) is 10.6 Å². The molecule has 0 fully saturated rings. The molecule has 2 aromatic carbocycles. The minimum absolute atomic E-state index is 0.0327. The largest absolute Gasteiger partial charge is 0.497 e. The molecule has 0 aliphatic carbocycles. The van der Waals surface area contributed by atoms with Crippen LogP contribution in [-0.4, -0.2) is 42.2 Å². The smallest absolute Gasteiger partial charge is 0.270 e. The average Bonchev–Trinajstić information content (AvgIpc) is 3.31. The molecule has 5 rings (SSSR count). The Labute approximate surface area is 206 Å². The summed E-state index contributed by atoms with van der Waals surface area (Å²) in [6, 6.07) is 14.6.